The van der Waals surface area contributed by atoms with Crippen molar-refractivity contribution < 1.29 is 0 Å². The summed E-state index contributed by atoms with van der Waals surface area (Å²) >= 11 is 0. The maximum atomic E-state index is 5.96. The fourth-order valence-corrected chi connectivity index (χ4v) is 1.70. The summed E-state index contributed by atoms with van der Waals surface area (Å²) < 4.78 is 0. The van der Waals surface area contributed by atoms with Crippen molar-refractivity contribution in [2.75, 3.05) is 17.6 Å². The molecule has 2 aromatic rings. The molecule has 76 valence electrons. The van der Waals surface area contributed by atoms with E-state index in [1.165, 1.54) is 0 Å². The zero-order valence-corrected chi connectivity index (χ0v) is 8.53. The quantitative estimate of drug-likeness (QED) is 0.587. The van der Waals surface area contributed by atoms with Gasteiger partial charge in [0, 0.05) is 23.3 Å². The second kappa shape index (κ2) is 4.05. The van der Waals surface area contributed by atoms with Crippen LogP contribution in [0.5, 0.6) is 0 Å². The van der Waals surface area contributed by atoms with Crippen molar-refractivity contribution in [3.05, 3.63) is 49.1 Å². The zero-order valence-electron chi connectivity index (χ0n) is 8.53. The summed E-state index contributed by atoms with van der Waals surface area (Å²) in [5, 5.41) is 5.52. The smallest absolute Gasteiger partial charge is 0.0443 e. The largest absolute Gasteiger partial charge is 0.398 e. The predicted octanol–water partition coefficient (Wildman–Crippen LogP) is 3.02. The Morgan fingerprint density at radius 1 is 1.20 bits per heavy atom. The van der Waals surface area contributed by atoms with Crippen LogP contribution in [-0.4, -0.2) is 6.54 Å². The maximum absolute atomic E-state index is 5.96. The van der Waals surface area contributed by atoms with Crippen LogP contribution in [-0.2, 0) is 0 Å². The number of rotatable bonds is 3. The highest BCUT2D eigenvalue weighted by atomic mass is 14.9. The first-order chi connectivity index (χ1) is 7.33. The molecule has 0 saturated carbocycles. The molecule has 0 spiro atoms. The van der Waals surface area contributed by atoms with Crippen LogP contribution in [0.1, 0.15) is 0 Å². The lowest BCUT2D eigenvalue weighted by Crippen LogP contribution is -1.99. The molecular formula is C13H14N2. The average Bonchev–Trinajstić information content (AvgIpc) is 2.26. The number of hydrogen-bond acceptors (Lipinski definition) is 2. The van der Waals surface area contributed by atoms with Crippen LogP contribution in [0.25, 0.3) is 10.8 Å². The number of nitrogens with two attached hydrogens (primary N) is 1. The predicted molar refractivity (Wildman–Crippen MR) is 67.0 cm³/mol. The van der Waals surface area contributed by atoms with E-state index in [0.717, 1.165) is 28.7 Å². The van der Waals surface area contributed by atoms with Crippen LogP contribution in [0.3, 0.4) is 0 Å². The minimum absolute atomic E-state index is 0.743. The second-order valence-electron chi connectivity index (χ2n) is 3.42. The molecule has 3 N–H and O–H groups in total. The van der Waals surface area contributed by atoms with E-state index in [0.29, 0.717) is 0 Å². The Labute approximate surface area is 89.4 Å². The summed E-state index contributed by atoms with van der Waals surface area (Å²) in [7, 11) is 0. The van der Waals surface area contributed by atoms with E-state index < -0.39 is 0 Å². The van der Waals surface area contributed by atoms with Gasteiger partial charge in [-0.2, -0.15) is 0 Å². The van der Waals surface area contributed by atoms with Gasteiger partial charge < -0.3 is 11.1 Å². The van der Waals surface area contributed by atoms with E-state index in [-0.39, 0.29) is 0 Å². The Morgan fingerprint density at radius 3 is 2.67 bits per heavy atom. The van der Waals surface area contributed by atoms with E-state index >= 15 is 0 Å². The molecule has 0 saturated heterocycles. The number of hydrogen-bond donors (Lipinski definition) is 2. The van der Waals surface area contributed by atoms with Gasteiger partial charge in [0.15, 0.2) is 0 Å². The summed E-state index contributed by atoms with van der Waals surface area (Å²) in [6, 6.07) is 12.1. The van der Waals surface area contributed by atoms with Crippen molar-refractivity contribution in [2.45, 2.75) is 0 Å². The van der Waals surface area contributed by atoms with Crippen molar-refractivity contribution >= 4 is 22.1 Å². The van der Waals surface area contributed by atoms with Crippen LogP contribution in [0, 0.1) is 0 Å². The van der Waals surface area contributed by atoms with E-state index in [1.807, 2.05) is 30.3 Å². The Morgan fingerprint density at radius 2 is 1.93 bits per heavy atom. The third-order valence-electron chi connectivity index (χ3n) is 2.37. The molecule has 0 amide bonds. The van der Waals surface area contributed by atoms with Gasteiger partial charge in [-0.25, -0.2) is 0 Å². The second-order valence-corrected chi connectivity index (χ2v) is 3.42. The molecule has 0 radical (unpaired) electrons. The van der Waals surface area contributed by atoms with Crippen molar-refractivity contribution in [2.24, 2.45) is 0 Å². The molecule has 15 heavy (non-hydrogen) atoms. The average molecular weight is 198 g/mol. The highest BCUT2D eigenvalue weighted by molar-refractivity contribution is 6.02. The normalized spacial score (nSPS) is 10.1. The lowest BCUT2D eigenvalue weighted by molar-refractivity contribution is 1.36. The topological polar surface area (TPSA) is 38.0 Å². The number of fused-ring (bicyclic) bond motifs is 1. The molecule has 2 rings (SSSR count). The van der Waals surface area contributed by atoms with Crippen LogP contribution in [0.15, 0.2) is 49.1 Å². The molecule has 0 aliphatic rings. The van der Waals surface area contributed by atoms with Gasteiger partial charge in [-0.3, -0.25) is 0 Å². The highest BCUT2D eigenvalue weighted by Gasteiger charge is 2.02. The first-order valence-electron chi connectivity index (χ1n) is 4.95. The molecule has 0 fully saturated rings. The Balaban J connectivity index is 2.58. The van der Waals surface area contributed by atoms with E-state index in [2.05, 4.69) is 24.0 Å². The third-order valence-corrected chi connectivity index (χ3v) is 2.37. The zero-order chi connectivity index (χ0) is 10.7. The van der Waals surface area contributed by atoms with Gasteiger partial charge in [0.25, 0.3) is 0 Å². The number of benzene rings is 2. The van der Waals surface area contributed by atoms with Crippen molar-refractivity contribution in [3.63, 3.8) is 0 Å². The van der Waals surface area contributed by atoms with Crippen LogP contribution >= 0.6 is 0 Å². The first-order valence-corrected chi connectivity index (χ1v) is 4.95. The fraction of sp³-hybridized carbons (Fsp3) is 0.0769. The Kier molecular flexibility index (Phi) is 2.59. The SMILES string of the molecule is C=CCNc1cccc2cccc(N)c12. The molecule has 0 aliphatic heterocycles. The monoisotopic (exact) mass is 198 g/mol. The fourth-order valence-electron chi connectivity index (χ4n) is 1.70. The summed E-state index contributed by atoms with van der Waals surface area (Å²) in [5.74, 6) is 0. The van der Waals surface area contributed by atoms with Gasteiger partial charge in [0.05, 0.1) is 0 Å². The van der Waals surface area contributed by atoms with Gasteiger partial charge >= 0.3 is 0 Å². The molecule has 0 bridgehead atoms. The first kappa shape index (κ1) is 9.59. The molecule has 0 atom stereocenters. The molecular weight excluding hydrogens is 184 g/mol. The third kappa shape index (κ3) is 1.79. The lowest BCUT2D eigenvalue weighted by atomic mass is 10.1. The number of nitrogens with one attached hydrogen (secondary N) is 1. The summed E-state index contributed by atoms with van der Waals surface area (Å²) in [6.07, 6.45) is 1.83. The molecule has 2 aromatic carbocycles. The lowest BCUT2D eigenvalue weighted by Gasteiger charge is -2.09. The molecule has 2 heteroatoms. The minimum atomic E-state index is 0.743. The molecule has 2 nitrogen and oxygen atoms in total. The van der Waals surface area contributed by atoms with Crippen molar-refractivity contribution in [1.29, 1.82) is 0 Å². The highest BCUT2D eigenvalue weighted by Crippen LogP contribution is 2.28. The van der Waals surface area contributed by atoms with Crippen LogP contribution in [0.4, 0.5) is 11.4 Å². The summed E-state index contributed by atoms with van der Waals surface area (Å²) in [6.45, 7) is 4.43. The molecule has 0 aromatic heterocycles. The minimum Gasteiger partial charge on any atom is -0.398 e. The van der Waals surface area contributed by atoms with Gasteiger partial charge in [-0.1, -0.05) is 30.3 Å². The van der Waals surface area contributed by atoms with Crippen molar-refractivity contribution in [3.8, 4) is 0 Å². The molecule has 0 heterocycles. The number of nitrogen functional groups attached to an aromatic ring is 1. The Bertz CT molecular complexity index is 484. The summed E-state index contributed by atoms with van der Waals surface area (Å²) in [5.41, 5.74) is 7.83. The van der Waals surface area contributed by atoms with Gasteiger partial charge in [0.2, 0.25) is 0 Å². The maximum Gasteiger partial charge on any atom is 0.0443 e. The van der Waals surface area contributed by atoms with Gasteiger partial charge in [0.1, 0.15) is 0 Å². The van der Waals surface area contributed by atoms with E-state index in [4.69, 9.17) is 5.73 Å². The van der Waals surface area contributed by atoms with E-state index in [1.54, 1.807) is 0 Å². The van der Waals surface area contributed by atoms with Crippen molar-refractivity contribution in [1.82, 2.24) is 0 Å². The molecule has 0 aliphatic carbocycles. The van der Waals surface area contributed by atoms with E-state index in [9.17, 15) is 0 Å². The molecule has 0 unspecified atom stereocenters. The van der Waals surface area contributed by atoms with Crippen LogP contribution < -0.4 is 11.1 Å². The van der Waals surface area contributed by atoms with Gasteiger partial charge in [-0.05, 0) is 17.5 Å². The van der Waals surface area contributed by atoms with Crippen LogP contribution in [0.2, 0.25) is 0 Å². The standard InChI is InChI=1S/C13H14N2/c1-2-9-15-12-8-4-6-10-5-3-7-11(14)13(10)12/h2-8,15H,1,9,14H2. The summed E-state index contributed by atoms with van der Waals surface area (Å²) in [4.78, 5) is 0. The number of anilines is 2. The Hall–Kier alpha value is -1.96. The van der Waals surface area contributed by atoms with Gasteiger partial charge in [-0.15, -0.1) is 6.58 Å².